The van der Waals surface area contributed by atoms with Gasteiger partial charge in [0.15, 0.2) is 0 Å². The quantitative estimate of drug-likeness (QED) is 0.650. The summed E-state index contributed by atoms with van der Waals surface area (Å²) in [6, 6.07) is 10.5. The number of nitro groups is 1. The number of hydrogen-bond donors (Lipinski definition) is 1. The van der Waals surface area contributed by atoms with Crippen LogP contribution < -0.4 is 5.32 Å². The Morgan fingerprint density at radius 2 is 2.00 bits per heavy atom. The molecule has 1 aromatic heterocycles. The predicted molar refractivity (Wildman–Crippen MR) is 65.4 cm³/mol. The van der Waals surface area contributed by atoms with Crippen molar-refractivity contribution in [2.24, 2.45) is 0 Å². The Hall–Kier alpha value is -1.88. The average Bonchev–Trinajstić information content (AvgIpc) is 2.64. The first-order valence-electron chi connectivity index (χ1n) is 4.74. The van der Waals surface area contributed by atoms with Gasteiger partial charge in [0.2, 0.25) is 0 Å². The zero-order valence-corrected chi connectivity index (χ0v) is 9.45. The van der Waals surface area contributed by atoms with E-state index in [4.69, 9.17) is 0 Å². The lowest BCUT2D eigenvalue weighted by molar-refractivity contribution is -0.383. The number of nitro benzene ring substituents is 1. The van der Waals surface area contributed by atoms with Crippen molar-refractivity contribution in [1.82, 2.24) is 0 Å². The molecule has 0 aliphatic heterocycles. The Balaban J connectivity index is 2.31. The van der Waals surface area contributed by atoms with E-state index in [9.17, 15) is 10.1 Å². The van der Waals surface area contributed by atoms with Gasteiger partial charge < -0.3 is 5.32 Å². The van der Waals surface area contributed by atoms with Crippen LogP contribution in [-0.2, 0) is 0 Å². The van der Waals surface area contributed by atoms with Gasteiger partial charge in [0.05, 0.1) is 9.92 Å². The van der Waals surface area contributed by atoms with E-state index in [2.05, 4.69) is 5.32 Å². The molecule has 16 heavy (non-hydrogen) atoms. The van der Waals surface area contributed by atoms with Crippen molar-refractivity contribution in [3.63, 3.8) is 0 Å². The molecule has 2 aromatic rings. The van der Waals surface area contributed by atoms with Crippen molar-refractivity contribution in [3.8, 4) is 0 Å². The molecule has 0 aliphatic carbocycles. The Kier molecular flexibility index (Phi) is 2.87. The third kappa shape index (κ3) is 2.20. The second kappa shape index (κ2) is 4.32. The van der Waals surface area contributed by atoms with Crippen LogP contribution in [0.15, 0.2) is 36.4 Å². The van der Waals surface area contributed by atoms with Gasteiger partial charge in [-0.2, -0.15) is 0 Å². The predicted octanol–water partition coefficient (Wildman–Crippen LogP) is 3.71. The molecule has 0 saturated heterocycles. The lowest BCUT2D eigenvalue weighted by Crippen LogP contribution is -1.94. The van der Waals surface area contributed by atoms with E-state index in [0.29, 0.717) is 5.69 Å². The maximum absolute atomic E-state index is 10.8. The van der Waals surface area contributed by atoms with Crippen LogP contribution in [0, 0.1) is 17.0 Å². The van der Waals surface area contributed by atoms with Gasteiger partial charge in [-0.3, -0.25) is 10.1 Å². The summed E-state index contributed by atoms with van der Waals surface area (Å²) < 4.78 is 0. The maximum atomic E-state index is 10.8. The molecule has 5 heteroatoms. The van der Waals surface area contributed by atoms with Crippen LogP contribution in [-0.4, -0.2) is 4.92 Å². The zero-order chi connectivity index (χ0) is 11.5. The fraction of sp³-hybridized carbons (Fsp3) is 0.0909. The van der Waals surface area contributed by atoms with Gasteiger partial charge in [0.1, 0.15) is 5.69 Å². The third-order valence-corrected chi connectivity index (χ3v) is 3.02. The lowest BCUT2D eigenvalue weighted by atomic mass is 10.3. The van der Waals surface area contributed by atoms with Crippen LogP contribution in [0.1, 0.15) is 4.88 Å². The summed E-state index contributed by atoms with van der Waals surface area (Å²) in [7, 11) is 0. The minimum atomic E-state index is -0.386. The first-order valence-corrected chi connectivity index (χ1v) is 5.55. The molecular formula is C11H10N2O2S. The maximum Gasteiger partial charge on any atom is 0.292 e. The first kappa shape index (κ1) is 10.6. The van der Waals surface area contributed by atoms with Crippen molar-refractivity contribution in [2.45, 2.75) is 6.92 Å². The summed E-state index contributed by atoms with van der Waals surface area (Å²) in [5.74, 6) is 0. The van der Waals surface area contributed by atoms with E-state index < -0.39 is 0 Å². The summed E-state index contributed by atoms with van der Waals surface area (Å²) in [5.41, 5.74) is 0.614. The minimum absolute atomic E-state index is 0.0913. The normalized spacial score (nSPS) is 10.1. The van der Waals surface area contributed by atoms with Crippen LogP contribution in [0.4, 0.5) is 16.4 Å². The van der Waals surface area contributed by atoms with Crippen LogP contribution in [0.25, 0.3) is 0 Å². The highest BCUT2D eigenvalue weighted by atomic mass is 32.1. The van der Waals surface area contributed by atoms with E-state index in [1.807, 2.05) is 19.1 Å². The number of hydrogen-bond acceptors (Lipinski definition) is 4. The highest BCUT2D eigenvalue weighted by molar-refractivity contribution is 7.16. The second-order valence-electron chi connectivity index (χ2n) is 3.31. The van der Waals surface area contributed by atoms with Crippen molar-refractivity contribution in [2.75, 3.05) is 5.32 Å². The second-order valence-corrected chi connectivity index (χ2v) is 4.60. The van der Waals surface area contributed by atoms with Crippen LogP contribution in [0.2, 0.25) is 0 Å². The highest BCUT2D eigenvalue weighted by Crippen LogP contribution is 2.30. The fourth-order valence-electron chi connectivity index (χ4n) is 1.37. The number of nitrogens with zero attached hydrogens (tertiary/aromatic N) is 1. The molecule has 0 saturated carbocycles. The van der Waals surface area contributed by atoms with E-state index in [0.717, 1.165) is 5.00 Å². The van der Waals surface area contributed by atoms with Crippen molar-refractivity contribution in [3.05, 3.63) is 51.4 Å². The molecule has 2 rings (SSSR count). The molecule has 0 fully saturated rings. The molecule has 4 nitrogen and oxygen atoms in total. The monoisotopic (exact) mass is 234 g/mol. The summed E-state index contributed by atoms with van der Waals surface area (Å²) in [6.45, 7) is 2.00. The molecule has 0 unspecified atom stereocenters. The number of para-hydroxylation sites is 2. The van der Waals surface area contributed by atoms with Gasteiger partial charge in [-0.1, -0.05) is 12.1 Å². The number of anilines is 2. The molecule has 0 spiro atoms. The highest BCUT2D eigenvalue weighted by Gasteiger charge is 2.12. The summed E-state index contributed by atoms with van der Waals surface area (Å²) in [5, 5.41) is 14.7. The Morgan fingerprint density at radius 1 is 1.25 bits per heavy atom. The van der Waals surface area contributed by atoms with Crippen LogP contribution in [0.3, 0.4) is 0 Å². The molecule has 0 radical (unpaired) electrons. The van der Waals surface area contributed by atoms with Gasteiger partial charge in [-0.25, -0.2) is 0 Å². The van der Waals surface area contributed by atoms with Crippen LogP contribution in [0.5, 0.6) is 0 Å². The smallest absolute Gasteiger partial charge is 0.292 e. The molecule has 0 amide bonds. The topological polar surface area (TPSA) is 55.2 Å². The molecule has 0 atom stereocenters. The molecule has 0 aliphatic rings. The summed E-state index contributed by atoms with van der Waals surface area (Å²) in [6.07, 6.45) is 0. The SMILES string of the molecule is Cc1ccc(Nc2ccccc2[N+](=O)[O-])s1. The van der Waals surface area contributed by atoms with Crippen molar-refractivity contribution >= 4 is 27.7 Å². The van der Waals surface area contributed by atoms with E-state index >= 15 is 0 Å². The van der Waals surface area contributed by atoms with Crippen molar-refractivity contribution in [1.29, 1.82) is 0 Å². The third-order valence-electron chi connectivity index (χ3n) is 2.10. The molecule has 1 heterocycles. The molecular weight excluding hydrogens is 224 g/mol. The Morgan fingerprint density at radius 3 is 2.62 bits per heavy atom. The summed E-state index contributed by atoms with van der Waals surface area (Å²) >= 11 is 1.57. The van der Waals surface area contributed by atoms with E-state index in [1.54, 1.807) is 29.5 Å². The van der Waals surface area contributed by atoms with E-state index in [-0.39, 0.29) is 10.6 Å². The fourth-order valence-corrected chi connectivity index (χ4v) is 2.15. The number of rotatable bonds is 3. The van der Waals surface area contributed by atoms with E-state index in [1.165, 1.54) is 10.9 Å². The number of aryl methyl sites for hydroxylation is 1. The van der Waals surface area contributed by atoms with Gasteiger partial charge in [0.25, 0.3) is 5.69 Å². The number of thiophene rings is 1. The van der Waals surface area contributed by atoms with Gasteiger partial charge in [0, 0.05) is 10.9 Å². The van der Waals surface area contributed by atoms with Crippen molar-refractivity contribution < 1.29 is 4.92 Å². The first-order chi connectivity index (χ1) is 7.66. The number of benzene rings is 1. The standard InChI is InChI=1S/C11H10N2O2S/c1-8-6-7-11(16-8)12-9-4-2-3-5-10(9)13(14)15/h2-7,12H,1H3. The van der Waals surface area contributed by atoms with Crippen LogP contribution >= 0.6 is 11.3 Å². The number of nitrogens with one attached hydrogen (secondary N) is 1. The summed E-state index contributed by atoms with van der Waals surface area (Å²) in [4.78, 5) is 11.6. The van der Waals surface area contributed by atoms with Gasteiger partial charge in [-0.05, 0) is 25.1 Å². The Labute approximate surface area is 96.7 Å². The molecule has 82 valence electrons. The Bertz CT molecular complexity index is 522. The largest absolute Gasteiger partial charge is 0.342 e. The average molecular weight is 234 g/mol. The zero-order valence-electron chi connectivity index (χ0n) is 8.64. The van der Waals surface area contributed by atoms with Gasteiger partial charge in [-0.15, -0.1) is 11.3 Å². The lowest BCUT2D eigenvalue weighted by Gasteiger charge is -2.03. The molecule has 1 N–H and O–H groups in total. The van der Waals surface area contributed by atoms with Gasteiger partial charge >= 0.3 is 0 Å². The molecule has 1 aromatic carbocycles. The minimum Gasteiger partial charge on any atom is -0.342 e. The molecule has 0 bridgehead atoms.